The second-order valence-corrected chi connectivity index (χ2v) is 5.15. The van der Waals surface area contributed by atoms with E-state index in [2.05, 4.69) is 0 Å². The van der Waals surface area contributed by atoms with Crippen molar-refractivity contribution in [2.75, 3.05) is 6.61 Å². The van der Waals surface area contributed by atoms with Crippen LogP contribution in [0.1, 0.15) is 23.1 Å². The molecule has 3 nitrogen and oxygen atoms in total. The van der Waals surface area contributed by atoms with Crippen LogP contribution in [-0.2, 0) is 23.7 Å². The molecule has 24 heavy (non-hydrogen) atoms. The van der Waals surface area contributed by atoms with Gasteiger partial charge < -0.3 is 4.74 Å². The Balaban J connectivity index is 2.03. The maximum atomic E-state index is 12.7. The van der Waals surface area contributed by atoms with Crippen molar-refractivity contribution in [3.63, 3.8) is 0 Å². The van der Waals surface area contributed by atoms with Crippen molar-refractivity contribution in [3.05, 3.63) is 58.9 Å². The van der Waals surface area contributed by atoms with Crippen LogP contribution < -0.4 is 5.06 Å². The summed E-state index contributed by atoms with van der Waals surface area (Å²) >= 11 is 0. The van der Waals surface area contributed by atoms with Crippen molar-refractivity contribution in [2.45, 2.75) is 25.4 Å². The van der Waals surface area contributed by atoms with E-state index in [0.29, 0.717) is 24.3 Å². The molecule has 1 aliphatic heterocycles. The Morgan fingerprint density at radius 1 is 0.958 bits per heavy atom. The number of hydroxylamine groups is 2. The predicted octanol–water partition coefficient (Wildman–Crippen LogP) is 3.32. The van der Waals surface area contributed by atoms with Crippen molar-refractivity contribution in [1.29, 1.82) is 0 Å². The van der Waals surface area contributed by atoms with Crippen LogP contribution in [0, 0.1) is 0 Å². The van der Waals surface area contributed by atoms with E-state index in [1.54, 1.807) is 12.2 Å². The van der Waals surface area contributed by atoms with Crippen LogP contribution in [-0.4, -0.2) is 11.8 Å². The summed E-state index contributed by atoms with van der Waals surface area (Å²) in [6.45, 7) is -0.344. The first-order valence-corrected chi connectivity index (χ1v) is 6.87. The molecule has 0 bridgehead atoms. The highest BCUT2D eigenvalue weighted by molar-refractivity contribution is 5.33. The van der Waals surface area contributed by atoms with E-state index in [4.69, 9.17) is 4.74 Å². The summed E-state index contributed by atoms with van der Waals surface area (Å²) in [6.07, 6.45) is -4.73. The lowest BCUT2D eigenvalue weighted by Gasteiger charge is -2.14. The SMILES string of the molecule is O[NH+]1C=CC=C1CCOCc1cc(C(F)(F)F)cc(C(F)(F)F)c1. The standard InChI is InChI=1S/C15H13F6NO2/c16-14(17,18)11-6-10(7-12(8-11)15(19,20)21)9-24-5-3-13-2-1-4-22(13)23/h1-2,4,6-8,23H,3,5,9H2/p+1. The van der Waals surface area contributed by atoms with Crippen molar-refractivity contribution < 1.29 is 41.3 Å². The molecule has 0 radical (unpaired) electrons. The second kappa shape index (κ2) is 6.96. The number of halogens is 6. The van der Waals surface area contributed by atoms with Gasteiger partial charge in [-0.2, -0.15) is 26.3 Å². The number of benzene rings is 1. The lowest BCUT2D eigenvalue weighted by atomic mass is 10.1. The van der Waals surface area contributed by atoms with Crippen LogP contribution >= 0.6 is 0 Å². The fourth-order valence-corrected chi connectivity index (χ4v) is 2.13. The molecule has 9 heteroatoms. The summed E-state index contributed by atoms with van der Waals surface area (Å²) in [7, 11) is 0. The van der Waals surface area contributed by atoms with E-state index in [1.165, 1.54) is 6.20 Å². The van der Waals surface area contributed by atoms with E-state index in [9.17, 15) is 31.5 Å². The van der Waals surface area contributed by atoms with Crippen LogP contribution in [0.3, 0.4) is 0 Å². The maximum absolute atomic E-state index is 12.7. The average molecular weight is 354 g/mol. The summed E-state index contributed by atoms with van der Waals surface area (Å²) in [4.78, 5) is 0. The molecule has 0 fully saturated rings. The minimum Gasteiger partial charge on any atom is -0.376 e. The summed E-state index contributed by atoms with van der Waals surface area (Å²) < 4.78 is 81.4. The van der Waals surface area contributed by atoms with E-state index in [-0.39, 0.29) is 23.3 Å². The Morgan fingerprint density at radius 3 is 2.00 bits per heavy atom. The number of nitrogens with one attached hydrogen (secondary N) is 1. The number of rotatable bonds is 5. The zero-order valence-electron chi connectivity index (χ0n) is 12.2. The molecule has 1 unspecified atom stereocenters. The van der Waals surface area contributed by atoms with Gasteiger partial charge in [-0.25, -0.2) is 5.21 Å². The Morgan fingerprint density at radius 2 is 1.54 bits per heavy atom. The van der Waals surface area contributed by atoms with Crippen molar-refractivity contribution in [3.8, 4) is 0 Å². The highest BCUT2D eigenvalue weighted by atomic mass is 19.4. The largest absolute Gasteiger partial charge is 0.416 e. The molecule has 132 valence electrons. The predicted molar refractivity (Wildman–Crippen MR) is 70.7 cm³/mol. The molecule has 1 heterocycles. The molecule has 0 spiro atoms. The fourth-order valence-electron chi connectivity index (χ4n) is 2.13. The number of quaternary nitrogens is 1. The van der Waals surface area contributed by atoms with E-state index in [0.717, 1.165) is 0 Å². The van der Waals surface area contributed by atoms with Crippen LogP contribution in [0.2, 0.25) is 0 Å². The third kappa shape index (κ3) is 4.83. The fraction of sp³-hybridized carbons (Fsp3) is 0.333. The molecule has 1 aromatic rings. The first-order chi connectivity index (χ1) is 11.1. The minimum absolute atomic E-state index is 0.0508. The third-order valence-electron chi connectivity index (χ3n) is 3.31. The number of hydrogen-bond acceptors (Lipinski definition) is 2. The van der Waals surface area contributed by atoms with Gasteiger partial charge >= 0.3 is 12.4 Å². The summed E-state index contributed by atoms with van der Waals surface area (Å²) in [5.41, 5.74) is -2.37. The van der Waals surface area contributed by atoms with Gasteiger partial charge in [-0.05, 0) is 23.8 Å². The highest BCUT2D eigenvalue weighted by Crippen LogP contribution is 2.36. The smallest absolute Gasteiger partial charge is 0.376 e. The van der Waals surface area contributed by atoms with Crippen molar-refractivity contribution in [2.24, 2.45) is 0 Å². The van der Waals surface area contributed by atoms with Crippen LogP contribution in [0.15, 0.2) is 42.2 Å². The van der Waals surface area contributed by atoms with Gasteiger partial charge in [0.2, 0.25) is 0 Å². The molecule has 1 aliphatic rings. The highest BCUT2D eigenvalue weighted by Gasteiger charge is 2.36. The van der Waals surface area contributed by atoms with Gasteiger partial charge in [0.1, 0.15) is 11.9 Å². The topological polar surface area (TPSA) is 33.9 Å². The molecular formula is C15H14F6NO2+. The Kier molecular flexibility index (Phi) is 5.36. The van der Waals surface area contributed by atoms with E-state index in [1.807, 2.05) is 0 Å². The number of alkyl halides is 6. The Labute approximate surface area is 133 Å². The molecule has 0 saturated carbocycles. The van der Waals surface area contributed by atoms with Gasteiger partial charge in [0, 0.05) is 18.6 Å². The lowest BCUT2D eigenvalue weighted by Crippen LogP contribution is -3.02. The number of hydrogen-bond donors (Lipinski definition) is 2. The Hall–Kier alpha value is -1.84. The van der Waals surface area contributed by atoms with Crippen LogP contribution in [0.5, 0.6) is 0 Å². The molecule has 2 N–H and O–H groups in total. The molecule has 0 saturated heterocycles. The first kappa shape index (κ1) is 18.5. The molecule has 1 atom stereocenters. The van der Waals surface area contributed by atoms with Crippen molar-refractivity contribution in [1.82, 2.24) is 0 Å². The van der Waals surface area contributed by atoms with Gasteiger partial charge in [0.25, 0.3) is 0 Å². The van der Waals surface area contributed by atoms with Crippen LogP contribution in [0.4, 0.5) is 26.3 Å². The lowest BCUT2D eigenvalue weighted by molar-refractivity contribution is -1.01. The van der Waals surface area contributed by atoms with E-state index < -0.39 is 30.1 Å². The summed E-state index contributed by atoms with van der Waals surface area (Å²) in [6, 6.07) is 1.34. The van der Waals surface area contributed by atoms with Gasteiger partial charge in [-0.1, -0.05) is 0 Å². The average Bonchev–Trinajstić information content (AvgIpc) is 2.87. The minimum atomic E-state index is -4.88. The zero-order chi connectivity index (χ0) is 18.0. The normalized spacial score (nSPS) is 18.1. The molecule has 0 aliphatic carbocycles. The molecule has 0 aromatic heterocycles. The molecule has 1 aromatic carbocycles. The van der Waals surface area contributed by atoms with Crippen LogP contribution in [0.25, 0.3) is 0 Å². The van der Waals surface area contributed by atoms with Gasteiger partial charge in [-0.15, -0.1) is 5.06 Å². The van der Waals surface area contributed by atoms with Crippen molar-refractivity contribution >= 4 is 0 Å². The summed E-state index contributed by atoms with van der Waals surface area (Å²) in [5, 5.41) is 9.48. The Bertz CT molecular complexity index is 616. The van der Waals surface area contributed by atoms with E-state index >= 15 is 0 Å². The second-order valence-electron chi connectivity index (χ2n) is 5.15. The molecule has 2 rings (SSSR count). The zero-order valence-corrected chi connectivity index (χ0v) is 12.2. The monoisotopic (exact) mass is 354 g/mol. The summed E-state index contributed by atoms with van der Waals surface area (Å²) in [5.74, 6) is 0. The third-order valence-corrected chi connectivity index (χ3v) is 3.31. The molecular weight excluding hydrogens is 340 g/mol. The molecule has 0 amide bonds. The first-order valence-electron chi connectivity index (χ1n) is 6.87. The number of ether oxygens (including phenoxy) is 1. The number of allylic oxidation sites excluding steroid dienone is 2. The van der Waals surface area contributed by atoms with Gasteiger partial charge in [0.15, 0.2) is 0 Å². The van der Waals surface area contributed by atoms with Gasteiger partial charge in [-0.3, -0.25) is 0 Å². The van der Waals surface area contributed by atoms with Gasteiger partial charge in [0.05, 0.1) is 24.3 Å². The quantitative estimate of drug-likeness (QED) is 0.628. The maximum Gasteiger partial charge on any atom is 0.416 e.